The van der Waals surface area contributed by atoms with E-state index in [1.54, 1.807) is 24.3 Å². The molecule has 1 aromatic heterocycles. The molecular weight excluding hydrogens is 340 g/mol. The first kappa shape index (κ1) is 13.8. The van der Waals surface area contributed by atoms with E-state index < -0.39 is 5.82 Å². The van der Waals surface area contributed by atoms with Gasteiger partial charge in [-0.25, -0.2) is 8.78 Å². The number of aromatic nitrogens is 2. The van der Waals surface area contributed by atoms with Crippen LogP contribution in [-0.2, 0) is 0 Å². The van der Waals surface area contributed by atoms with Gasteiger partial charge in [0.2, 0.25) is 0 Å². The van der Waals surface area contributed by atoms with Crippen molar-refractivity contribution in [3.63, 3.8) is 0 Å². The number of H-pyrrole nitrogens is 1. The van der Waals surface area contributed by atoms with Crippen LogP contribution in [0.2, 0.25) is 0 Å². The van der Waals surface area contributed by atoms with E-state index in [9.17, 15) is 8.78 Å². The number of nitrogens with zero attached hydrogens (tertiary/aromatic N) is 1. The van der Waals surface area contributed by atoms with Crippen molar-refractivity contribution in [1.82, 2.24) is 10.2 Å². The van der Waals surface area contributed by atoms with Gasteiger partial charge in [-0.3, -0.25) is 5.10 Å². The summed E-state index contributed by atoms with van der Waals surface area (Å²) in [6.07, 6.45) is 0. The van der Waals surface area contributed by atoms with Crippen molar-refractivity contribution >= 4 is 21.7 Å². The number of anilines is 1. The average molecular weight is 350 g/mol. The molecule has 1 heterocycles. The first-order valence-corrected chi connectivity index (χ1v) is 6.91. The van der Waals surface area contributed by atoms with Gasteiger partial charge in [0.15, 0.2) is 5.82 Å². The number of rotatable bonds is 2. The van der Waals surface area contributed by atoms with Gasteiger partial charge in [0.1, 0.15) is 11.6 Å². The van der Waals surface area contributed by atoms with Gasteiger partial charge in [0.05, 0.1) is 16.8 Å². The highest BCUT2D eigenvalue weighted by Gasteiger charge is 2.19. The number of nitrogens with one attached hydrogen (secondary N) is 1. The number of nitrogens with two attached hydrogens (primary N) is 1. The molecule has 21 heavy (non-hydrogen) atoms. The van der Waals surface area contributed by atoms with E-state index in [0.717, 1.165) is 0 Å². The predicted molar refractivity (Wildman–Crippen MR) is 81.5 cm³/mol. The fraction of sp³-hybridized carbons (Fsp3) is 0. The molecule has 106 valence electrons. The van der Waals surface area contributed by atoms with Gasteiger partial charge in [-0.15, -0.1) is 0 Å². The molecule has 6 heteroatoms. The standard InChI is InChI=1S/C15H10BrF2N3/c16-10-2-1-3-11(18)13(10)14-12(15(19)21-20-14)8-4-6-9(17)7-5-8/h1-7H,(H3,19,20,21). The Morgan fingerprint density at radius 1 is 1.00 bits per heavy atom. The molecule has 0 radical (unpaired) electrons. The van der Waals surface area contributed by atoms with Crippen LogP contribution in [0.3, 0.4) is 0 Å². The summed E-state index contributed by atoms with van der Waals surface area (Å²) in [4.78, 5) is 0. The molecule has 3 rings (SSSR count). The Hall–Kier alpha value is -2.21. The summed E-state index contributed by atoms with van der Waals surface area (Å²) in [7, 11) is 0. The number of hydrogen-bond acceptors (Lipinski definition) is 2. The topological polar surface area (TPSA) is 54.7 Å². The van der Waals surface area contributed by atoms with Crippen LogP contribution in [0.25, 0.3) is 22.4 Å². The van der Waals surface area contributed by atoms with Crippen LogP contribution >= 0.6 is 15.9 Å². The SMILES string of the molecule is Nc1n[nH]c(-c2c(F)cccc2Br)c1-c1ccc(F)cc1. The molecular formula is C15H10BrF2N3. The molecule has 0 saturated carbocycles. The first-order valence-electron chi connectivity index (χ1n) is 6.12. The lowest BCUT2D eigenvalue weighted by atomic mass is 10.0. The second kappa shape index (κ2) is 5.29. The van der Waals surface area contributed by atoms with Gasteiger partial charge >= 0.3 is 0 Å². The summed E-state index contributed by atoms with van der Waals surface area (Å²) in [6.45, 7) is 0. The van der Waals surface area contributed by atoms with E-state index in [0.29, 0.717) is 26.9 Å². The monoisotopic (exact) mass is 349 g/mol. The highest BCUT2D eigenvalue weighted by Crippen LogP contribution is 2.39. The van der Waals surface area contributed by atoms with Crippen molar-refractivity contribution in [2.24, 2.45) is 0 Å². The maximum Gasteiger partial charge on any atom is 0.153 e. The summed E-state index contributed by atoms with van der Waals surface area (Å²) >= 11 is 3.32. The van der Waals surface area contributed by atoms with E-state index in [-0.39, 0.29) is 11.6 Å². The minimum absolute atomic E-state index is 0.228. The van der Waals surface area contributed by atoms with E-state index >= 15 is 0 Å². The molecule has 3 N–H and O–H groups in total. The normalized spacial score (nSPS) is 10.8. The second-order valence-corrected chi connectivity index (χ2v) is 5.32. The third-order valence-electron chi connectivity index (χ3n) is 3.14. The molecule has 3 aromatic rings. The highest BCUT2D eigenvalue weighted by molar-refractivity contribution is 9.10. The number of aromatic amines is 1. The molecule has 0 aliphatic heterocycles. The van der Waals surface area contributed by atoms with E-state index in [1.807, 2.05) is 0 Å². The van der Waals surface area contributed by atoms with E-state index in [2.05, 4.69) is 26.1 Å². The number of nitrogen functional groups attached to an aromatic ring is 1. The Kier molecular flexibility index (Phi) is 3.47. The van der Waals surface area contributed by atoms with Crippen molar-refractivity contribution in [3.8, 4) is 22.4 Å². The van der Waals surface area contributed by atoms with E-state index in [4.69, 9.17) is 5.73 Å². The summed E-state index contributed by atoms with van der Waals surface area (Å²) in [5.74, 6) is -0.530. The maximum atomic E-state index is 14.1. The van der Waals surface area contributed by atoms with Gasteiger partial charge in [0, 0.05) is 4.47 Å². The van der Waals surface area contributed by atoms with Crippen LogP contribution < -0.4 is 5.73 Å². The van der Waals surface area contributed by atoms with E-state index in [1.165, 1.54) is 18.2 Å². The Balaban J connectivity index is 2.24. The Labute approximate surface area is 127 Å². The van der Waals surface area contributed by atoms with Crippen molar-refractivity contribution in [1.29, 1.82) is 0 Å². The average Bonchev–Trinajstić information content (AvgIpc) is 2.82. The first-order chi connectivity index (χ1) is 10.1. The lowest BCUT2D eigenvalue weighted by Crippen LogP contribution is -1.91. The maximum absolute atomic E-state index is 14.1. The summed E-state index contributed by atoms with van der Waals surface area (Å²) in [5.41, 5.74) is 7.86. The summed E-state index contributed by atoms with van der Waals surface area (Å²) < 4.78 is 27.8. The minimum atomic E-state index is -0.406. The predicted octanol–water partition coefficient (Wildman–Crippen LogP) is 4.37. The van der Waals surface area contributed by atoms with Gasteiger partial charge in [-0.1, -0.05) is 18.2 Å². The molecule has 0 spiro atoms. The van der Waals surface area contributed by atoms with Gasteiger partial charge in [-0.05, 0) is 45.8 Å². The summed E-state index contributed by atoms with van der Waals surface area (Å²) in [6, 6.07) is 10.5. The van der Waals surface area contributed by atoms with Crippen LogP contribution in [0.15, 0.2) is 46.9 Å². The van der Waals surface area contributed by atoms with Crippen molar-refractivity contribution in [2.45, 2.75) is 0 Å². The zero-order chi connectivity index (χ0) is 15.0. The van der Waals surface area contributed by atoms with Crippen molar-refractivity contribution in [3.05, 3.63) is 58.6 Å². The largest absolute Gasteiger partial charge is 0.382 e. The molecule has 0 aliphatic rings. The van der Waals surface area contributed by atoms with Crippen LogP contribution in [0, 0.1) is 11.6 Å². The van der Waals surface area contributed by atoms with Gasteiger partial charge in [-0.2, -0.15) is 5.10 Å². The molecule has 0 amide bonds. The van der Waals surface area contributed by atoms with Gasteiger partial charge < -0.3 is 5.73 Å². The van der Waals surface area contributed by atoms with Gasteiger partial charge in [0.25, 0.3) is 0 Å². The lowest BCUT2D eigenvalue weighted by Gasteiger charge is -2.08. The Bertz CT molecular complexity index is 777. The molecule has 0 aliphatic carbocycles. The van der Waals surface area contributed by atoms with Crippen LogP contribution in [0.5, 0.6) is 0 Å². The third kappa shape index (κ3) is 2.42. The fourth-order valence-corrected chi connectivity index (χ4v) is 2.72. The second-order valence-electron chi connectivity index (χ2n) is 4.46. The van der Waals surface area contributed by atoms with Crippen LogP contribution in [0.1, 0.15) is 0 Å². The summed E-state index contributed by atoms with van der Waals surface area (Å²) in [5, 5.41) is 6.69. The molecule has 3 nitrogen and oxygen atoms in total. The Morgan fingerprint density at radius 2 is 1.71 bits per heavy atom. The highest BCUT2D eigenvalue weighted by atomic mass is 79.9. The number of benzene rings is 2. The van der Waals surface area contributed by atoms with Crippen LogP contribution in [0.4, 0.5) is 14.6 Å². The molecule has 2 aromatic carbocycles. The zero-order valence-corrected chi connectivity index (χ0v) is 12.3. The van der Waals surface area contributed by atoms with Crippen molar-refractivity contribution < 1.29 is 8.78 Å². The molecule has 0 bridgehead atoms. The Morgan fingerprint density at radius 3 is 2.38 bits per heavy atom. The quantitative estimate of drug-likeness (QED) is 0.721. The fourth-order valence-electron chi connectivity index (χ4n) is 2.18. The van der Waals surface area contributed by atoms with Crippen LogP contribution in [-0.4, -0.2) is 10.2 Å². The number of halogens is 3. The molecule has 0 fully saturated rings. The van der Waals surface area contributed by atoms with Crippen molar-refractivity contribution in [2.75, 3.05) is 5.73 Å². The number of hydrogen-bond donors (Lipinski definition) is 2. The minimum Gasteiger partial charge on any atom is -0.382 e. The molecule has 0 saturated heterocycles. The molecule has 0 unspecified atom stereocenters. The zero-order valence-electron chi connectivity index (χ0n) is 10.7. The smallest absolute Gasteiger partial charge is 0.153 e. The third-order valence-corrected chi connectivity index (χ3v) is 3.80. The molecule has 0 atom stereocenters. The lowest BCUT2D eigenvalue weighted by molar-refractivity contribution is 0.628.